The molecule has 0 fully saturated rings. The molecule has 0 aromatic heterocycles. The van der Waals surface area contributed by atoms with Crippen LogP contribution in [0.5, 0.6) is 0 Å². The van der Waals surface area contributed by atoms with E-state index in [1.807, 2.05) is 12.1 Å². The average molecular weight is 272 g/mol. The second-order valence-corrected chi connectivity index (χ2v) is 5.42. The van der Waals surface area contributed by atoms with Crippen molar-refractivity contribution < 1.29 is 8.78 Å². The number of rotatable bonds is 0. The standard InChI is InChI=1S/C16H14F2N2/c17-12-6-14(18)16-15(7-12)20-9-11-4-2-1-3-10(11)5-13(20)8-19-16/h1-4,6-7,13,19H,5,8-9H2. The lowest BCUT2D eigenvalue weighted by Crippen LogP contribution is -2.48. The number of nitrogens with one attached hydrogen (secondary N) is 1. The van der Waals surface area contributed by atoms with E-state index in [2.05, 4.69) is 22.3 Å². The van der Waals surface area contributed by atoms with Gasteiger partial charge in [-0.15, -0.1) is 0 Å². The largest absolute Gasteiger partial charge is 0.379 e. The van der Waals surface area contributed by atoms with Crippen LogP contribution in [-0.2, 0) is 13.0 Å². The Hall–Kier alpha value is -2.10. The molecule has 2 nitrogen and oxygen atoms in total. The van der Waals surface area contributed by atoms with Crippen molar-refractivity contribution in [3.05, 3.63) is 59.2 Å². The number of anilines is 2. The van der Waals surface area contributed by atoms with Crippen molar-refractivity contribution >= 4 is 11.4 Å². The van der Waals surface area contributed by atoms with E-state index >= 15 is 0 Å². The third kappa shape index (κ3) is 1.68. The number of halogens is 2. The quantitative estimate of drug-likeness (QED) is 0.791. The van der Waals surface area contributed by atoms with Gasteiger partial charge in [-0.2, -0.15) is 0 Å². The minimum Gasteiger partial charge on any atom is -0.379 e. The Bertz CT molecular complexity index is 684. The predicted molar refractivity (Wildman–Crippen MR) is 75.0 cm³/mol. The molecule has 0 aliphatic carbocycles. The normalized spacial score (nSPS) is 19.7. The molecule has 2 heterocycles. The van der Waals surface area contributed by atoms with Gasteiger partial charge in [0.1, 0.15) is 5.82 Å². The van der Waals surface area contributed by atoms with Crippen LogP contribution in [0.25, 0.3) is 0 Å². The van der Waals surface area contributed by atoms with E-state index in [-0.39, 0.29) is 6.04 Å². The van der Waals surface area contributed by atoms with Crippen molar-refractivity contribution in [3.8, 4) is 0 Å². The van der Waals surface area contributed by atoms with Gasteiger partial charge in [0.25, 0.3) is 0 Å². The first-order chi connectivity index (χ1) is 9.72. The molecule has 1 N–H and O–H groups in total. The monoisotopic (exact) mass is 272 g/mol. The van der Waals surface area contributed by atoms with Crippen LogP contribution in [0, 0.1) is 11.6 Å². The Balaban J connectivity index is 1.82. The third-order valence-electron chi connectivity index (χ3n) is 4.21. The molecular formula is C16H14F2N2. The molecule has 0 bridgehead atoms. The van der Waals surface area contributed by atoms with Crippen LogP contribution in [0.15, 0.2) is 36.4 Å². The zero-order valence-corrected chi connectivity index (χ0v) is 10.9. The molecular weight excluding hydrogens is 258 g/mol. The van der Waals surface area contributed by atoms with Gasteiger partial charge in [0.15, 0.2) is 5.82 Å². The molecule has 0 radical (unpaired) electrons. The minimum absolute atomic E-state index is 0.249. The summed E-state index contributed by atoms with van der Waals surface area (Å²) < 4.78 is 27.4. The van der Waals surface area contributed by atoms with Crippen LogP contribution >= 0.6 is 0 Å². The fourth-order valence-electron chi connectivity index (χ4n) is 3.23. The summed E-state index contributed by atoms with van der Waals surface area (Å²) in [5.74, 6) is -1.04. The molecule has 1 atom stereocenters. The summed E-state index contributed by atoms with van der Waals surface area (Å²) in [6.45, 7) is 1.39. The van der Waals surface area contributed by atoms with Crippen LogP contribution in [-0.4, -0.2) is 12.6 Å². The molecule has 102 valence electrons. The number of benzene rings is 2. The smallest absolute Gasteiger partial charge is 0.151 e. The highest BCUT2D eigenvalue weighted by molar-refractivity contribution is 5.74. The fraction of sp³-hybridized carbons (Fsp3) is 0.250. The number of hydrogen-bond acceptors (Lipinski definition) is 2. The van der Waals surface area contributed by atoms with E-state index in [1.165, 1.54) is 17.2 Å². The van der Waals surface area contributed by atoms with Crippen LogP contribution in [0.3, 0.4) is 0 Å². The van der Waals surface area contributed by atoms with Crippen molar-refractivity contribution in [1.82, 2.24) is 0 Å². The first-order valence-corrected chi connectivity index (χ1v) is 6.79. The summed E-state index contributed by atoms with van der Waals surface area (Å²) in [4.78, 5) is 2.11. The van der Waals surface area contributed by atoms with Gasteiger partial charge in [-0.05, 0) is 23.6 Å². The molecule has 0 spiro atoms. The van der Waals surface area contributed by atoms with Crippen molar-refractivity contribution in [2.75, 3.05) is 16.8 Å². The minimum atomic E-state index is -0.525. The summed E-state index contributed by atoms with van der Waals surface area (Å²) in [5, 5.41) is 3.10. The molecule has 1 unspecified atom stereocenters. The summed E-state index contributed by atoms with van der Waals surface area (Å²) in [7, 11) is 0. The Labute approximate surface area is 116 Å². The maximum atomic E-state index is 13.9. The van der Waals surface area contributed by atoms with Crippen molar-refractivity contribution in [2.45, 2.75) is 19.0 Å². The lowest BCUT2D eigenvalue weighted by Gasteiger charge is -2.43. The number of hydrogen-bond donors (Lipinski definition) is 1. The number of fused-ring (bicyclic) bond motifs is 4. The molecule has 2 aliphatic rings. The van der Waals surface area contributed by atoms with Gasteiger partial charge in [0.2, 0.25) is 0 Å². The molecule has 2 aliphatic heterocycles. The second kappa shape index (κ2) is 4.20. The summed E-state index contributed by atoms with van der Waals surface area (Å²) in [5.41, 5.74) is 3.62. The van der Waals surface area contributed by atoms with E-state index in [0.29, 0.717) is 24.5 Å². The van der Waals surface area contributed by atoms with Gasteiger partial charge in [-0.25, -0.2) is 8.78 Å². The second-order valence-electron chi connectivity index (χ2n) is 5.42. The highest BCUT2D eigenvalue weighted by Gasteiger charge is 2.32. The molecule has 2 aromatic rings. The van der Waals surface area contributed by atoms with E-state index in [9.17, 15) is 8.78 Å². The highest BCUT2D eigenvalue weighted by atomic mass is 19.1. The molecule has 0 saturated carbocycles. The van der Waals surface area contributed by atoms with Gasteiger partial charge in [0.05, 0.1) is 17.4 Å². The zero-order valence-electron chi connectivity index (χ0n) is 10.9. The van der Waals surface area contributed by atoms with E-state index in [1.54, 1.807) is 0 Å². The third-order valence-corrected chi connectivity index (χ3v) is 4.21. The summed E-state index contributed by atoms with van der Waals surface area (Å²) >= 11 is 0. The summed E-state index contributed by atoms with van der Waals surface area (Å²) in [6.07, 6.45) is 0.904. The zero-order chi connectivity index (χ0) is 13.7. The Kier molecular flexibility index (Phi) is 2.46. The molecule has 20 heavy (non-hydrogen) atoms. The maximum Gasteiger partial charge on any atom is 0.151 e. The summed E-state index contributed by atoms with van der Waals surface area (Å²) in [6, 6.07) is 10.9. The van der Waals surface area contributed by atoms with E-state index in [0.717, 1.165) is 12.5 Å². The Morgan fingerprint density at radius 2 is 1.90 bits per heavy atom. The van der Waals surface area contributed by atoms with Gasteiger partial charge >= 0.3 is 0 Å². The van der Waals surface area contributed by atoms with Crippen LogP contribution in [0.4, 0.5) is 20.2 Å². The lowest BCUT2D eigenvalue weighted by molar-refractivity contribution is 0.540. The van der Waals surface area contributed by atoms with Crippen LogP contribution < -0.4 is 10.2 Å². The van der Waals surface area contributed by atoms with E-state index < -0.39 is 11.6 Å². The van der Waals surface area contributed by atoms with Gasteiger partial charge in [-0.3, -0.25) is 0 Å². The SMILES string of the molecule is Fc1cc(F)c2c(c1)N1Cc3ccccc3CC1CN2. The fourth-order valence-corrected chi connectivity index (χ4v) is 3.23. The predicted octanol–water partition coefficient (Wildman–Crippen LogP) is 3.32. The van der Waals surface area contributed by atoms with Gasteiger partial charge in [0, 0.05) is 19.2 Å². The van der Waals surface area contributed by atoms with Gasteiger partial charge < -0.3 is 10.2 Å². The van der Waals surface area contributed by atoms with Crippen molar-refractivity contribution in [1.29, 1.82) is 0 Å². The topological polar surface area (TPSA) is 15.3 Å². The Morgan fingerprint density at radius 1 is 1.10 bits per heavy atom. The maximum absolute atomic E-state index is 13.9. The van der Waals surface area contributed by atoms with Gasteiger partial charge in [-0.1, -0.05) is 24.3 Å². The molecule has 0 saturated heterocycles. The molecule has 0 amide bonds. The Morgan fingerprint density at radius 3 is 2.75 bits per heavy atom. The van der Waals surface area contributed by atoms with E-state index in [4.69, 9.17) is 0 Å². The molecule has 2 aromatic carbocycles. The molecule has 4 rings (SSSR count). The highest BCUT2D eigenvalue weighted by Crippen LogP contribution is 2.38. The first kappa shape index (κ1) is 11.7. The van der Waals surface area contributed by atoms with Crippen molar-refractivity contribution in [2.24, 2.45) is 0 Å². The molecule has 4 heteroatoms. The first-order valence-electron chi connectivity index (χ1n) is 6.79. The van der Waals surface area contributed by atoms with Crippen LogP contribution in [0.2, 0.25) is 0 Å². The van der Waals surface area contributed by atoms with Crippen LogP contribution in [0.1, 0.15) is 11.1 Å². The van der Waals surface area contributed by atoms with Crippen molar-refractivity contribution in [3.63, 3.8) is 0 Å². The number of nitrogens with zero attached hydrogens (tertiary/aromatic N) is 1. The average Bonchev–Trinajstić information content (AvgIpc) is 2.45. The lowest BCUT2D eigenvalue weighted by atomic mass is 9.91.